The van der Waals surface area contributed by atoms with Crippen LogP contribution < -0.4 is 0 Å². The Balaban J connectivity index is 2.29. The molecule has 0 N–H and O–H groups in total. The Labute approximate surface area is 132 Å². The van der Waals surface area contributed by atoms with Crippen molar-refractivity contribution < 1.29 is 13.3 Å². The maximum Gasteiger partial charge on any atom is 0.300 e. The Morgan fingerprint density at radius 1 is 1.52 bits per heavy atom. The normalized spacial score (nSPS) is 20.9. The highest BCUT2D eigenvalue weighted by Gasteiger charge is 2.34. The molecule has 7 nitrogen and oxygen atoms in total. The van der Waals surface area contributed by atoms with Crippen molar-refractivity contribution in [2.24, 2.45) is 0 Å². The number of nitrogens with zero attached hydrogens (tertiary/aromatic N) is 3. The number of sulfonamides is 1. The molecular weight excluding hydrogens is 338 g/mol. The van der Waals surface area contributed by atoms with Crippen LogP contribution in [0.3, 0.4) is 0 Å². The highest BCUT2D eigenvalue weighted by molar-refractivity contribution is 7.91. The van der Waals surface area contributed by atoms with Crippen LogP contribution in [0.5, 0.6) is 0 Å². The van der Waals surface area contributed by atoms with Crippen molar-refractivity contribution in [2.75, 3.05) is 27.2 Å². The van der Waals surface area contributed by atoms with Crippen molar-refractivity contribution in [1.29, 1.82) is 0 Å². The van der Waals surface area contributed by atoms with Gasteiger partial charge in [0, 0.05) is 25.2 Å². The van der Waals surface area contributed by atoms with Gasteiger partial charge in [0.15, 0.2) is 4.34 Å². The number of nitro groups is 1. The molecule has 1 unspecified atom stereocenters. The summed E-state index contributed by atoms with van der Waals surface area (Å²) >= 11 is 6.48. The number of piperidine rings is 1. The van der Waals surface area contributed by atoms with Gasteiger partial charge in [-0.3, -0.25) is 10.1 Å². The first-order valence-electron chi connectivity index (χ1n) is 6.33. The third kappa shape index (κ3) is 3.37. The van der Waals surface area contributed by atoms with Crippen molar-refractivity contribution in [1.82, 2.24) is 9.21 Å². The lowest BCUT2D eigenvalue weighted by atomic mass is 10.1. The summed E-state index contributed by atoms with van der Waals surface area (Å²) in [6.07, 6.45) is 1.70. The Bertz CT molecular complexity index is 644. The standard InChI is InChI=1S/C11H16ClN3O4S2/c1-13(2)8-4-3-5-14(7-8)21(18,19)10-6-9(15(16)17)11(12)20-10/h6,8H,3-5,7H2,1-2H3. The molecule has 1 aliphatic rings. The molecule has 1 aromatic rings. The monoisotopic (exact) mass is 353 g/mol. The quantitative estimate of drug-likeness (QED) is 0.610. The van der Waals surface area contributed by atoms with Gasteiger partial charge < -0.3 is 4.90 Å². The summed E-state index contributed by atoms with van der Waals surface area (Å²) in [5.41, 5.74) is -0.360. The van der Waals surface area contributed by atoms with Gasteiger partial charge in [-0.2, -0.15) is 4.31 Å². The molecule has 2 heterocycles. The van der Waals surface area contributed by atoms with E-state index in [1.54, 1.807) is 0 Å². The van der Waals surface area contributed by atoms with Crippen molar-refractivity contribution >= 4 is 38.6 Å². The smallest absolute Gasteiger partial charge is 0.300 e. The number of likely N-dealkylation sites (N-methyl/N-ethyl adjacent to an activating group) is 1. The Hall–Kier alpha value is -0.740. The van der Waals surface area contributed by atoms with Gasteiger partial charge in [-0.05, 0) is 26.9 Å². The Kier molecular flexibility index (Phi) is 4.89. The first kappa shape index (κ1) is 16.6. The van der Waals surface area contributed by atoms with Gasteiger partial charge in [-0.1, -0.05) is 11.6 Å². The van der Waals surface area contributed by atoms with Crippen LogP contribution in [0.25, 0.3) is 0 Å². The molecule has 10 heteroatoms. The van der Waals surface area contributed by atoms with Gasteiger partial charge in [-0.25, -0.2) is 8.42 Å². The van der Waals surface area contributed by atoms with Gasteiger partial charge in [0.1, 0.15) is 4.21 Å². The van der Waals surface area contributed by atoms with Crippen LogP contribution >= 0.6 is 22.9 Å². The Morgan fingerprint density at radius 2 is 2.19 bits per heavy atom. The van der Waals surface area contributed by atoms with E-state index in [1.807, 2.05) is 19.0 Å². The molecule has 0 bridgehead atoms. The highest BCUT2D eigenvalue weighted by atomic mass is 35.5. The zero-order valence-electron chi connectivity index (χ0n) is 11.7. The van der Waals surface area contributed by atoms with Gasteiger partial charge in [0.05, 0.1) is 4.92 Å². The number of thiophene rings is 1. The molecule has 1 fully saturated rings. The van der Waals surface area contributed by atoms with E-state index in [2.05, 4.69) is 0 Å². The molecule has 0 saturated carbocycles. The second kappa shape index (κ2) is 6.17. The maximum absolute atomic E-state index is 12.6. The van der Waals surface area contributed by atoms with E-state index in [0.717, 1.165) is 30.2 Å². The van der Waals surface area contributed by atoms with Gasteiger partial charge in [-0.15, -0.1) is 11.3 Å². The van der Waals surface area contributed by atoms with E-state index in [0.29, 0.717) is 13.1 Å². The third-order valence-corrected chi connectivity index (χ3v) is 7.18. The predicted molar refractivity (Wildman–Crippen MR) is 81.5 cm³/mol. The summed E-state index contributed by atoms with van der Waals surface area (Å²) in [5.74, 6) is 0. The minimum atomic E-state index is -3.73. The number of halogens is 1. The average molecular weight is 354 g/mol. The maximum atomic E-state index is 12.6. The fourth-order valence-corrected chi connectivity index (χ4v) is 5.61. The summed E-state index contributed by atoms with van der Waals surface area (Å²) in [6.45, 7) is 0.814. The zero-order chi connectivity index (χ0) is 15.8. The van der Waals surface area contributed by atoms with Gasteiger partial charge in [0.25, 0.3) is 15.7 Å². The van der Waals surface area contributed by atoms with E-state index in [1.165, 1.54) is 4.31 Å². The first-order valence-corrected chi connectivity index (χ1v) is 8.97. The molecule has 21 heavy (non-hydrogen) atoms. The van der Waals surface area contributed by atoms with Crippen molar-refractivity contribution in [3.63, 3.8) is 0 Å². The van der Waals surface area contributed by atoms with Crippen LogP contribution in [0, 0.1) is 10.1 Å². The molecule has 1 atom stereocenters. The zero-order valence-corrected chi connectivity index (χ0v) is 14.0. The fourth-order valence-electron chi connectivity index (χ4n) is 2.28. The van der Waals surface area contributed by atoms with E-state index in [9.17, 15) is 18.5 Å². The summed E-state index contributed by atoms with van der Waals surface area (Å²) in [5, 5.41) is 10.8. The van der Waals surface area contributed by atoms with Crippen LogP contribution in [0.1, 0.15) is 12.8 Å². The summed E-state index contributed by atoms with van der Waals surface area (Å²) in [7, 11) is 0.0933. The van der Waals surface area contributed by atoms with E-state index < -0.39 is 14.9 Å². The van der Waals surface area contributed by atoms with Crippen LogP contribution in [-0.4, -0.2) is 55.8 Å². The molecule has 1 aliphatic heterocycles. The molecule has 1 aromatic heterocycles. The van der Waals surface area contributed by atoms with E-state index in [4.69, 9.17) is 11.6 Å². The molecule has 0 aliphatic carbocycles. The number of hydrogen-bond acceptors (Lipinski definition) is 6. The minimum Gasteiger partial charge on any atom is -0.305 e. The summed E-state index contributed by atoms with van der Waals surface area (Å²) in [4.78, 5) is 12.1. The van der Waals surface area contributed by atoms with Crippen molar-refractivity contribution in [3.8, 4) is 0 Å². The molecule has 0 radical (unpaired) electrons. The van der Waals surface area contributed by atoms with Gasteiger partial charge in [0.2, 0.25) is 0 Å². The minimum absolute atomic E-state index is 0.0707. The molecular formula is C11H16ClN3O4S2. The van der Waals surface area contributed by atoms with Crippen LogP contribution in [0.4, 0.5) is 5.69 Å². The van der Waals surface area contributed by atoms with Crippen LogP contribution in [0.15, 0.2) is 10.3 Å². The molecule has 1 saturated heterocycles. The largest absolute Gasteiger partial charge is 0.305 e. The summed E-state index contributed by atoms with van der Waals surface area (Å²) < 4.78 is 26.4. The summed E-state index contributed by atoms with van der Waals surface area (Å²) in [6, 6.07) is 1.20. The average Bonchev–Trinajstić information content (AvgIpc) is 2.82. The van der Waals surface area contributed by atoms with Crippen molar-refractivity contribution in [3.05, 3.63) is 20.5 Å². The van der Waals surface area contributed by atoms with Crippen LogP contribution in [-0.2, 0) is 10.0 Å². The number of hydrogen-bond donors (Lipinski definition) is 0. The molecule has 2 rings (SSSR count). The second-order valence-corrected chi connectivity index (χ2v) is 8.92. The SMILES string of the molecule is CN(C)C1CCCN(S(=O)(=O)c2cc([N+](=O)[O-])c(Cl)s2)C1. The van der Waals surface area contributed by atoms with Gasteiger partial charge >= 0.3 is 0 Å². The molecule has 118 valence electrons. The van der Waals surface area contributed by atoms with Crippen molar-refractivity contribution in [2.45, 2.75) is 23.1 Å². The number of rotatable bonds is 4. The Morgan fingerprint density at radius 3 is 2.71 bits per heavy atom. The lowest BCUT2D eigenvalue weighted by Crippen LogP contribution is -2.47. The van der Waals surface area contributed by atoms with E-state index in [-0.39, 0.29) is 20.3 Å². The molecule has 0 amide bonds. The molecule has 0 spiro atoms. The van der Waals surface area contributed by atoms with Crippen LogP contribution in [0.2, 0.25) is 4.34 Å². The lowest BCUT2D eigenvalue weighted by Gasteiger charge is -2.34. The predicted octanol–water partition coefficient (Wildman–Crippen LogP) is 2.02. The first-order chi connectivity index (χ1) is 9.73. The van der Waals surface area contributed by atoms with E-state index >= 15 is 0 Å². The third-order valence-electron chi connectivity index (χ3n) is 3.53. The highest BCUT2D eigenvalue weighted by Crippen LogP contribution is 2.38. The lowest BCUT2D eigenvalue weighted by molar-refractivity contribution is -0.384. The second-order valence-electron chi connectivity index (χ2n) is 5.10. The molecule has 0 aromatic carbocycles. The fraction of sp³-hybridized carbons (Fsp3) is 0.636. The topological polar surface area (TPSA) is 83.8 Å².